The van der Waals surface area contributed by atoms with Crippen molar-refractivity contribution < 1.29 is 18.7 Å². The number of hydrogen-bond acceptors (Lipinski definition) is 2. The molecule has 15 heavy (non-hydrogen) atoms. The van der Waals surface area contributed by atoms with Gasteiger partial charge in [-0.1, -0.05) is 15.9 Å². The average Bonchev–Trinajstić information content (AvgIpc) is 2.16. The number of carboxylic acid groups (broad SMARTS) is 1. The van der Waals surface area contributed by atoms with Gasteiger partial charge in [-0.15, -0.1) is 0 Å². The Morgan fingerprint density at radius 1 is 1.60 bits per heavy atom. The second-order valence-electron chi connectivity index (χ2n) is 2.88. The van der Waals surface area contributed by atoms with Crippen LogP contribution < -0.4 is 0 Å². The van der Waals surface area contributed by atoms with Crippen molar-refractivity contribution in [3.8, 4) is 0 Å². The molecule has 0 spiro atoms. The molecular formula is C9H8BrF2NO2. The molecule has 0 bridgehead atoms. The number of alkyl halides is 3. The molecule has 0 amide bonds. The zero-order valence-corrected chi connectivity index (χ0v) is 9.17. The summed E-state index contributed by atoms with van der Waals surface area (Å²) in [4.78, 5) is 14.3. The van der Waals surface area contributed by atoms with Gasteiger partial charge in [0, 0.05) is 17.1 Å². The van der Waals surface area contributed by atoms with Crippen LogP contribution in [0.5, 0.6) is 0 Å². The fourth-order valence-corrected chi connectivity index (χ4v) is 1.62. The van der Waals surface area contributed by atoms with Crippen LogP contribution in [0.4, 0.5) is 8.78 Å². The molecule has 1 rings (SSSR count). The van der Waals surface area contributed by atoms with Crippen molar-refractivity contribution >= 4 is 21.9 Å². The summed E-state index contributed by atoms with van der Waals surface area (Å²) in [5, 5.41) is 8.93. The van der Waals surface area contributed by atoms with E-state index in [1.54, 1.807) is 0 Å². The molecule has 0 saturated heterocycles. The normalized spacial score (nSPS) is 10.7. The van der Waals surface area contributed by atoms with Crippen molar-refractivity contribution in [1.29, 1.82) is 0 Å². The smallest absolute Gasteiger partial charge is 0.307 e. The van der Waals surface area contributed by atoms with Crippen LogP contribution in [0.15, 0.2) is 12.3 Å². The van der Waals surface area contributed by atoms with Crippen molar-refractivity contribution in [3.05, 3.63) is 29.1 Å². The molecule has 1 aromatic heterocycles. The maximum atomic E-state index is 12.3. The lowest BCUT2D eigenvalue weighted by atomic mass is 10.1. The molecule has 1 aromatic rings. The maximum absolute atomic E-state index is 12.3. The van der Waals surface area contributed by atoms with Gasteiger partial charge in [-0.25, -0.2) is 8.78 Å². The minimum absolute atomic E-state index is 0.254. The monoisotopic (exact) mass is 279 g/mol. The topological polar surface area (TPSA) is 50.2 Å². The van der Waals surface area contributed by atoms with Gasteiger partial charge in [0.1, 0.15) is 0 Å². The minimum atomic E-state index is -2.63. The molecule has 0 radical (unpaired) electrons. The molecule has 0 atom stereocenters. The molecule has 0 fully saturated rings. The highest BCUT2D eigenvalue weighted by Crippen LogP contribution is 2.21. The third-order valence-electron chi connectivity index (χ3n) is 1.80. The van der Waals surface area contributed by atoms with Crippen molar-refractivity contribution in [3.63, 3.8) is 0 Å². The van der Waals surface area contributed by atoms with Gasteiger partial charge in [0.15, 0.2) is 0 Å². The Balaban J connectivity index is 3.07. The molecule has 0 saturated carbocycles. The number of hydrogen-bond donors (Lipinski definition) is 1. The van der Waals surface area contributed by atoms with Crippen molar-refractivity contribution in [2.24, 2.45) is 0 Å². The summed E-state index contributed by atoms with van der Waals surface area (Å²) < 4.78 is 24.6. The molecule has 0 aliphatic heterocycles. The summed E-state index contributed by atoms with van der Waals surface area (Å²) in [6, 6.07) is 1.18. The van der Waals surface area contributed by atoms with Crippen LogP contribution >= 0.6 is 15.9 Å². The summed E-state index contributed by atoms with van der Waals surface area (Å²) in [6.07, 6.45) is -1.87. The first-order valence-corrected chi connectivity index (χ1v) is 5.20. The van der Waals surface area contributed by atoms with E-state index in [2.05, 4.69) is 20.9 Å². The summed E-state index contributed by atoms with van der Waals surface area (Å²) in [5.74, 6) is -1.06. The second-order valence-corrected chi connectivity index (χ2v) is 3.44. The molecule has 0 aliphatic rings. The fourth-order valence-electron chi connectivity index (χ4n) is 1.11. The molecule has 1 heterocycles. The number of carboxylic acids is 1. The predicted octanol–water partition coefficient (Wildman–Crippen LogP) is 2.54. The van der Waals surface area contributed by atoms with E-state index in [1.807, 2.05) is 0 Å². The average molecular weight is 280 g/mol. The lowest BCUT2D eigenvalue weighted by Gasteiger charge is -2.06. The Hall–Kier alpha value is -1.04. The van der Waals surface area contributed by atoms with Crippen LogP contribution in [0.25, 0.3) is 0 Å². The number of aromatic nitrogens is 1. The van der Waals surface area contributed by atoms with E-state index in [4.69, 9.17) is 5.11 Å². The highest BCUT2D eigenvalue weighted by molar-refractivity contribution is 9.08. The molecule has 0 aliphatic carbocycles. The molecular weight excluding hydrogens is 272 g/mol. The molecule has 1 N–H and O–H groups in total. The predicted molar refractivity (Wildman–Crippen MR) is 53.2 cm³/mol. The highest BCUT2D eigenvalue weighted by Gasteiger charge is 2.13. The molecule has 3 nitrogen and oxygen atoms in total. The van der Waals surface area contributed by atoms with E-state index in [9.17, 15) is 13.6 Å². The zero-order valence-electron chi connectivity index (χ0n) is 7.58. The summed E-state index contributed by atoms with van der Waals surface area (Å²) >= 11 is 3.12. The van der Waals surface area contributed by atoms with E-state index >= 15 is 0 Å². The van der Waals surface area contributed by atoms with E-state index in [1.165, 1.54) is 6.07 Å². The largest absolute Gasteiger partial charge is 0.481 e. The summed E-state index contributed by atoms with van der Waals surface area (Å²) in [6.45, 7) is 0. The van der Waals surface area contributed by atoms with Crippen LogP contribution in [0.2, 0.25) is 0 Å². The third kappa shape index (κ3) is 3.23. The van der Waals surface area contributed by atoms with Crippen molar-refractivity contribution in [1.82, 2.24) is 4.98 Å². The number of nitrogens with zero attached hydrogens (tertiary/aromatic N) is 1. The van der Waals surface area contributed by atoms with Crippen molar-refractivity contribution in [2.45, 2.75) is 18.2 Å². The first-order chi connectivity index (χ1) is 7.04. The number of pyridine rings is 1. The van der Waals surface area contributed by atoms with Gasteiger partial charge < -0.3 is 5.11 Å². The maximum Gasteiger partial charge on any atom is 0.307 e. The molecule has 82 valence electrons. The quantitative estimate of drug-likeness (QED) is 0.862. The van der Waals surface area contributed by atoms with E-state index in [0.29, 0.717) is 16.6 Å². The summed E-state index contributed by atoms with van der Waals surface area (Å²) in [7, 11) is 0. The van der Waals surface area contributed by atoms with Crippen LogP contribution in [-0.4, -0.2) is 16.1 Å². The van der Waals surface area contributed by atoms with Crippen LogP contribution in [0.1, 0.15) is 23.2 Å². The van der Waals surface area contributed by atoms with Gasteiger partial charge in [0.05, 0.1) is 12.1 Å². The standard InChI is InChI=1S/C9H8BrF2NO2/c10-3-7-5(2-8(14)15)1-6(4-13-7)9(11)12/h1,4,9H,2-3H2,(H,14,15). The lowest BCUT2D eigenvalue weighted by molar-refractivity contribution is -0.136. The van der Waals surface area contributed by atoms with Gasteiger partial charge in [0.25, 0.3) is 6.43 Å². The van der Waals surface area contributed by atoms with Gasteiger partial charge in [-0.3, -0.25) is 9.78 Å². The van der Waals surface area contributed by atoms with Crippen LogP contribution in [-0.2, 0) is 16.5 Å². The zero-order chi connectivity index (χ0) is 11.4. The van der Waals surface area contributed by atoms with E-state index in [-0.39, 0.29) is 12.0 Å². The first-order valence-electron chi connectivity index (χ1n) is 4.08. The Morgan fingerprint density at radius 3 is 2.73 bits per heavy atom. The van der Waals surface area contributed by atoms with Gasteiger partial charge in [0.2, 0.25) is 0 Å². The van der Waals surface area contributed by atoms with Crippen molar-refractivity contribution in [2.75, 3.05) is 0 Å². The van der Waals surface area contributed by atoms with E-state index < -0.39 is 12.4 Å². The highest BCUT2D eigenvalue weighted by atomic mass is 79.9. The Kier molecular flexibility index (Phi) is 4.14. The number of rotatable bonds is 4. The van der Waals surface area contributed by atoms with Gasteiger partial charge in [-0.05, 0) is 11.6 Å². The van der Waals surface area contributed by atoms with E-state index in [0.717, 1.165) is 6.20 Å². The molecule has 6 heteroatoms. The number of carbonyl (C=O) groups is 1. The Labute approximate surface area is 93.3 Å². The minimum Gasteiger partial charge on any atom is -0.481 e. The first kappa shape index (κ1) is 12.0. The fraction of sp³-hybridized carbons (Fsp3) is 0.333. The summed E-state index contributed by atoms with van der Waals surface area (Å²) in [5.41, 5.74) is 0.537. The Bertz CT molecular complexity index is 371. The molecule has 0 unspecified atom stereocenters. The Morgan fingerprint density at radius 2 is 2.27 bits per heavy atom. The van der Waals surface area contributed by atoms with Crippen LogP contribution in [0.3, 0.4) is 0 Å². The van der Waals surface area contributed by atoms with Gasteiger partial charge in [-0.2, -0.15) is 0 Å². The molecule has 0 aromatic carbocycles. The lowest BCUT2D eigenvalue weighted by Crippen LogP contribution is -2.05. The third-order valence-corrected chi connectivity index (χ3v) is 2.33. The second kappa shape index (κ2) is 5.16. The van der Waals surface area contributed by atoms with Crippen LogP contribution in [0, 0.1) is 0 Å². The van der Waals surface area contributed by atoms with Gasteiger partial charge >= 0.3 is 5.97 Å². The SMILES string of the molecule is O=C(O)Cc1cc(C(F)F)cnc1CBr. The number of halogens is 3. The number of aliphatic carboxylic acids is 1.